The van der Waals surface area contributed by atoms with E-state index in [0.717, 1.165) is 23.4 Å². The van der Waals surface area contributed by atoms with Crippen molar-refractivity contribution in [2.24, 2.45) is 0 Å². The molecular weight excluding hydrogens is 729 g/mol. The Morgan fingerprint density at radius 2 is 1.37 bits per heavy atom. The van der Waals surface area contributed by atoms with Crippen LogP contribution in [0.2, 0.25) is 0 Å². The van der Waals surface area contributed by atoms with Gasteiger partial charge in [-0.2, -0.15) is 44.6 Å². The fourth-order valence-electron chi connectivity index (χ4n) is 3.75. The van der Waals surface area contributed by atoms with Crippen LogP contribution < -0.4 is 15.4 Å². The first-order chi connectivity index (χ1) is 23.8. The van der Waals surface area contributed by atoms with Crippen molar-refractivity contribution in [1.29, 1.82) is 0 Å². The number of aryl methyl sites for hydroxylation is 1. The summed E-state index contributed by atoms with van der Waals surface area (Å²) in [6.07, 6.45) is -12.8. The highest BCUT2D eigenvalue weighted by Crippen LogP contribution is 2.32. The van der Waals surface area contributed by atoms with Crippen LogP contribution in [0.15, 0.2) is 48.7 Å². The molecule has 0 unspecified atom stereocenters. The Hall–Kier alpha value is -5.38. The van der Waals surface area contributed by atoms with Gasteiger partial charge in [0.25, 0.3) is 0 Å². The van der Waals surface area contributed by atoms with Crippen LogP contribution in [0.1, 0.15) is 16.8 Å². The molecule has 0 spiro atoms. The summed E-state index contributed by atoms with van der Waals surface area (Å²) < 4.78 is 101. The number of nitrogens with zero attached hydrogens (tertiary/aromatic N) is 2. The van der Waals surface area contributed by atoms with Crippen molar-refractivity contribution < 1.29 is 78.7 Å². The van der Waals surface area contributed by atoms with Crippen molar-refractivity contribution in [3.05, 3.63) is 65.5 Å². The molecule has 0 radical (unpaired) electrons. The van der Waals surface area contributed by atoms with Crippen molar-refractivity contribution >= 4 is 29.5 Å². The zero-order chi connectivity index (χ0) is 40.0. The van der Waals surface area contributed by atoms with Gasteiger partial charge in [-0.3, -0.25) is 9.89 Å². The molecule has 1 aliphatic rings. The van der Waals surface area contributed by atoms with Crippen LogP contribution in [0.25, 0.3) is 11.1 Å². The first-order valence-corrected chi connectivity index (χ1v) is 14.3. The number of carbonyl (C=O) groups is 4. The van der Waals surface area contributed by atoms with Gasteiger partial charge in [0, 0.05) is 24.3 Å². The van der Waals surface area contributed by atoms with Gasteiger partial charge < -0.3 is 35.6 Å². The highest BCUT2D eigenvalue weighted by Gasteiger charge is 2.39. The second kappa shape index (κ2) is 19.3. The number of likely N-dealkylation sites (N-methyl/N-ethyl adjacent to an activating group) is 1. The number of aromatic nitrogens is 2. The molecule has 1 aliphatic heterocycles. The van der Waals surface area contributed by atoms with Gasteiger partial charge in [-0.25, -0.2) is 14.4 Å². The quantitative estimate of drug-likeness (QED) is 0.180. The third kappa shape index (κ3) is 15.7. The first-order valence-electron chi connectivity index (χ1n) is 14.3. The molecule has 1 atom stereocenters. The first kappa shape index (κ1) is 44.6. The van der Waals surface area contributed by atoms with Gasteiger partial charge >= 0.3 is 36.4 Å². The standard InChI is InChI=1S/C24H29N5O2.3C2HF3O2/c1-16-20(15-26-28-16)18-8-9-21(23(13-18)31-11-10-29(2)3)27-24(30)22-12-17-6-4-5-7-19(17)14-25-22;3*3-2(4,5)1(6)7/h4-9,13,15,22,25H,10-12,14H2,1-3H3,(H,26,28)(H,27,30);3*(H,6,7)/t22-;;;/m1.../s1. The topological polar surface area (TPSA) is 194 Å². The number of fused-ring (bicyclic) bond motifs is 1. The van der Waals surface area contributed by atoms with Gasteiger partial charge in [-0.1, -0.05) is 30.3 Å². The lowest BCUT2D eigenvalue weighted by Crippen LogP contribution is -2.44. The predicted molar refractivity (Wildman–Crippen MR) is 163 cm³/mol. The molecule has 1 aromatic heterocycles. The van der Waals surface area contributed by atoms with Crippen LogP contribution >= 0.6 is 0 Å². The number of hydrogen-bond acceptors (Lipinski definition) is 8. The van der Waals surface area contributed by atoms with E-state index >= 15 is 0 Å². The normalized spacial score (nSPS) is 13.8. The van der Waals surface area contributed by atoms with Gasteiger partial charge in [0.15, 0.2) is 0 Å². The Kier molecular flexibility index (Phi) is 16.6. The summed E-state index contributed by atoms with van der Waals surface area (Å²) in [6.45, 7) is 3.98. The van der Waals surface area contributed by atoms with Crippen molar-refractivity contribution in [1.82, 2.24) is 20.4 Å². The number of rotatable bonds is 7. The maximum Gasteiger partial charge on any atom is 0.490 e. The second-order valence-electron chi connectivity index (χ2n) is 10.6. The van der Waals surface area contributed by atoms with Crippen LogP contribution in [0.5, 0.6) is 5.75 Å². The summed E-state index contributed by atoms with van der Waals surface area (Å²) in [5, 5.41) is 34.9. The summed E-state index contributed by atoms with van der Waals surface area (Å²) >= 11 is 0. The number of anilines is 1. The highest BCUT2D eigenvalue weighted by atomic mass is 19.4. The van der Waals surface area contributed by atoms with Gasteiger partial charge in [0.2, 0.25) is 5.91 Å². The number of aliphatic carboxylic acids is 3. The number of halogens is 9. The predicted octanol–water partition coefficient (Wildman–Crippen LogP) is 4.88. The molecule has 0 aliphatic carbocycles. The lowest BCUT2D eigenvalue weighted by Gasteiger charge is -2.25. The van der Waals surface area contributed by atoms with Crippen molar-refractivity contribution in [3.8, 4) is 16.9 Å². The maximum absolute atomic E-state index is 13.0. The van der Waals surface area contributed by atoms with Gasteiger partial charge in [-0.05, 0) is 56.3 Å². The minimum Gasteiger partial charge on any atom is -0.490 e. The molecule has 13 nitrogen and oxygen atoms in total. The van der Waals surface area contributed by atoms with E-state index in [1.54, 1.807) is 6.20 Å². The molecule has 2 heterocycles. The van der Waals surface area contributed by atoms with Gasteiger partial charge in [-0.15, -0.1) is 0 Å². The Balaban J connectivity index is 0.000000525. The number of alkyl halides is 9. The zero-order valence-electron chi connectivity index (χ0n) is 27.2. The molecule has 288 valence electrons. The van der Waals surface area contributed by atoms with E-state index in [1.807, 2.05) is 51.4 Å². The van der Waals surface area contributed by atoms with Crippen LogP contribution in [0.4, 0.5) is 45.2 Å². The van der Waals surface area contributed by atoms with E-state index < -0.39 is 36.4 Å². The van der Waals surface area contributed by atoms with Crippen LogP contribution in [0, 0.1) is 6.92 Å². The number of aromatic amines is 1. The average Bonchev–Trinajstić information content (AvgIpc) is 3.46. The number of benzene rings is 2. The average molecular weight is 762 g/mol. The minimum atomic E-state index is -5.08. The van der Waals surface area contributed by atoms with Crippen LogP contribution in [0.3, 0.4) is 0 Å². The largest absolute Gasteiger partial charge is 0.490 e. The van der Waals surface area contributed by atoms with Crippen molar-refractivity contribution in [2.75, 3.05) is 32.6 Å². The third-order valence-electron chi connectivity index (χ3n) is 6.30. The van der Waals surface area contributed by atoms with E-state index in [9.17, 15) is 44.3 Å². The molecule has 2 aromatic carbocycles. The number of carbonyl (C=O) groups excluding carboxylic acids is 1. The molecule has 6 N–H and O–H groups in total. The van der Waals surface area contributed by atoms with E-state index in [-0.39, 0.29) is 11.9 Å². The number of nitrogens with one attached hydrogen (secondary N) is 3. The second-order valence-corrected chi connectivity index (χ2v) is 10.6. The van der Waals surface area contributed by atoms with Gasteiger partial charge in [0.05, 0.1) is 17.9 Å². The maximum atomic E-state index is 13.0. The number of amides is 1. The summed E-state index contributed by atoms with van der Waals surface area (Å²) in [4.78, 5) is 41.8. The Bertz CT molecular complexity index is 1600. The number of hydrogen-bond donors (Lipinski definition) is 6. The van der Waals surface area contributed by atoms with E-state index in [0.29, 0.717) is 31.0 Å². The minimum absolute atomic E-state index is 0.0563. The Labute approximate surface area is 288 Å². The zero-order valence-corrected chi connectivity index (χ0v) is 27.2. The lowest BCUT2D eigenvalue weighted by molar-refractivity contribution is -0.193. The molecule has 0 saturated carbocycles. The van der Waals surface area contributed by atoms with E-state index in [1.165, 1.54) is 11.1 Å². The summed E-state index contributed by atoms with van der Waals surface area (Å²) in [6, 6.07) is 13.8. The highest BCUT2D eigenvalue weighted by molar-refractivity contribution is 5.97. The number of H-pyrrole nitrogens is 1. The third-order valence-corrected chi connectivity index (χ3v) is 6.30. The molecule has 4 rings (SSSR count). The molecule has 22 heteroatoms. The van der Waals surface area contributed by atoms with Crippen LogP contribution in [-0.4, -0.2) is 106 Å². The smallest absolute Gasteiger partial charge is 0.490 e. The summed E-state index contributed by atoms with van der Waals surface area (Å²) in [5.41, 5.74) is 6.14. The number of carboxylic acids is 3. The van der Waals surface area contributed by atoms with Crippen LogP contribution in [-0.2, 0) is 32.1 Å². The van der Waals surface area contributed by atoms with Crippen molar-refractivity contribution in [2.45, 2.75) is 44.5 Å². The summed E-state index contributed by atoms with van der Waals surface area (Å²) in [5.74, 6) is -7.67. The molecule has 1 amide bonds. The monoisotopic (exact) mass is 761 g/mol. The number of ether oxygens (including phenoxy) is 1. The number of carboxylic acid groups (broad SMARTS) is 3. The van der Waals surface area contributed by atoms with E-state index in [4.69, 9.17) is 34.4 Å². The fraction of sp³-hybridized carbons (Fsp3) is 0.367. The Morgan fingerprint density at radius 1 is 0.865 bits per heavy atom. The molecule has 52 heavy (non-hydrogen) atoms. The molecule has 0 fully saturated rings. The molecule has 3 aromatic rings. The fourth-order valence-corrected chi connectivity index (χ4v) is 3.75. The molecule has 0 saturated heterocycles. The Morgan fingerprint density at radius 3 is 1.81 bits per heavy atom. The van der Waals surface area contributed by atoms with Gasteiger partial charge in [0.1, 0.15) is 12.4 Å². The molecule has 0 bridgehead atoms. The van der Waals surface area contributed by atoms with E-state index in [2.05, 4.69) is 37.9 Å². The lowest BCUT2D eigenvalue weighted by atomic mass is 9.95. The molecular formula is C30H32F9N5O8. The SMILES string of the molecule is Cc1[nH]ncc1-c1ccc(NC(=O)[C@H]2Cc3ccccc3CN2)c(OCCN(C)C)c1.O=C(O)C(F)(F)F.O=C(O)C(F)(F)F.O=C(O)C(F)(F)F. The summed E-state index contributed by atoms with van der Waals surface area (Å²) in [7, 11) is 4.01. The van der Waals surface area contributed by atoms with Crippen molar-refractivity contribution in [3.63, 3.8) is 0 Å².